The molecule has 38 heavy (non-hydrogen) atoms. The number of sulfonamides is 1. The minimum Gasteiger partial charge on any atom is -0.318 e. The van der Waals surface area contributed by atoms with E-state index in [1.54, 1.807) is 42.6 Å². The number of carbonyl (C=O) groups excluding carboxylic acids is 1. The van der Waals surface area contributed by atoms with E-state index in [1.807, 2.05) is 45.0 Å². The van der Waals surface area contributed by atoms with Crippen molar-refractivity contribution in [1.29, 1.82) is 0 Å². The number of hydrazone groups is 1. The van der Waals surface area contributed by atoms with Crippen LogP contribution >= 0.6 is 22.6 Å². The molecule has 2 N–H and O–H groups in total. The van der Waals surface area contributed by atoms with Crippen LogP contribution in [0.3, 0.4) is 0 Å². The fourth-order valence-electron chi connectivity index (χ4n) is 4.20. The van der Waals surface area contributed by atoms with Crippen LogP contribution in [0, 0.1) is 24.3 Å². The molecule has 0 aliphatic carbocycles. The molecule has 0 spiro atoms. The van der Waals surface area contributed by atoms with Crippen LogP contribution in [0.25, 0.3) is 5.69 Å². The van der Waals surface area contributed by atoms with Crippen molar-refractivity contribution < 1.29 is 13.2 Å². The number of hydrogen-bond acceptors (Lipinski definition) is 4. The van der Waals surface area contributed by atoms with Gasteiger partial charge in [0.2, 0.25) is 15.9 Å². The molecule has 1 aromatic heterocycles. The Morgan fingerprint density at radius 3 is 2.29 bits per heavy atom. The van der Waals surface area contributed by atoms with E-state index in [2.05, 4.69) is 66.7 Å². The van der Waals surface area contributed by atoms with Gasteiger partial charge >= 0.3 is 0 Å². The minimum atomic E-state index is -3.84. The maximum absolute atomic E-state index is 13.0. The Morgan fingerprint density at radius 2 is 1.63 bits per heavy atom. The first-order valence-corrected chi connectivity index (χ1v) is 14.6. The van der Waals surface area contributed by atoms with Crippen molar-refractivity contribution in [3.63, 3.8) is 0 Å². The summed E-state index contributed by atoms with van der Waals surface area (Å²) < 4.78 is 32.1. The van der Waals surface area contributed by atoms with Crippen molar-refractivity contribution in [2.24, 2.45) is 5.10 Å². The third kappa shape index (κ3) is 6.77. The maximum atomic E-state index is 13.0. The standard InChI is InChI=1S/C29H29IN4O3S/c1-20-9-15-27(16-10-20)38(36,37)33-28(23-7-5-4-6-8-23)18-29(35)32-31-19-24-17-21(2)34(22(24)3)26-13-11-25(30)12-14-26/h4-17,19,28,33H,18H2,1-3H3,(H,32,35)/b31-19-/t28-/m1/s1. The number of aryl methyl sites for hydroxylation is 2. The number of rotatable bonds is 9. The number of carbonyl (C=O) groups is 1. The fourth-order valence-corrected chi connectivity index (χ4v) is 5.78. The molecule has 0 saturated carbocycles. The van der Waals surface area contributed by atoms with Crippen LogP contribution in [-0.4, -0.2) is 25.1 Å². The van der Waals surface area contributed by atoms with Gasteiger partial charge in [-0.25, -0.2) is 18.6 Å². The highest BCUT2D eigenvalue weighted by Gasteiger charge is 2.23. The molecular weight excluding hydrogens is 611 g/mol. The highest BCUT2D eigenvalue weighted by atomic mass is 127. The lowest BCUT2D eigenvalue weighted by molar-refractivity contribution is -0.121. The fraction of sp³-hybridized carbons (Fsp3) is 0.172. The molecule has 3 aromatic carbocycles. The van der Waals surface area contributed by atoms with E-state index in [1.165, 1.54) is 0 Å². The van der Waals surface area contributed by atoms with Crippen LogP contribution in [-0.2, 0) is 14.8 Å². The number of halogens is 1. The Bertz CT molecular complexity index is 1550. The molecule has 0 bridgehead atoms. The Kier molecular flexibility index (Phi) is 8.80. The van der Waals surface area contributed by atoms with Crippen molar-refractivity contribution >= 4 is 44.7 Å². The van der Waals surface area contributed by atoms with Crippen LogP contribution in [0.2, 0.25) is 0 Å². The van der Waals surface area contributed by atoms with E-state index < -0.39 is 22.0 Å². The number of amides is 1. The van der Waals surface area contributed by atoms with Crippen LogP contribution in [0.15, 0.2) is 94.9 Å². The summed E-state index contributed by atoms with van der Waals surface area (Å²) in [5, 5.41) is 4.16. The van der Waals surface area contributed by atoms with E-state index >= 15 is 0 Å². The zero-order valence-corrected chi connectivity index (χ0v) is 24.3. The maximum Gasteiger partial charge on any atom is 0.242 e. The molecule has 4 aromatic rings. The third-order valence-corrected chi connectivity index (χ3v) is 8.37. The van der Waals surface area contributed by atoms with Crippen LogP contribution in [0.1, 0.15) is 40.5 Å². The number of aromatic nitrogens is 1. The van der Waals surface area contributed by atoms with Crippen LogP contribution in [0.5, 0.6) is 0 Å². The summed E-state index contributed by atoms with van der Waals surface area (Å²) in [6, 6.07) is 25.1. The average Bonchev–Trinajstić information content (AvgIpc) is 3.17. The summed E-state index contributed by atoms with van der Waals surface area (Å²) in [7, 11) is -3.84. The number of benzene rings is 3. The van der Waals surface area contributed by atoms with Crippen molar-refractivity contribution in [1.82, 2.24) is 14.7 Å². The highest BCUT2D eigenvalue weighted by Crippen LogP contribution is 2.22. The van der Waals surface area contributed by atoms with E-state index in [0.29, 0.717) is 5.56 Å². The average molecular weight is 641 g/mol. The van der Waals surface area contributed by atoms with Gasteiger partial charge in [-0.3, -0.25) is 4.79 Å². The zero-order valence-electron chi connectivity index (χ0n) is 21.4. The number of hydrogen-bond donors (Lipinski definition) is 2. The van der Waals surface area contributed by atoms with E-state index in [-0.39, 0.29) is 11.3 Å². The first kappa shape index (κ1) is 27.7. The van der Waals surface area contributed by atoms with Gasteiger partial charge in [0.1, 0.15) is 0 Å². The lowest BCUT2D eigenvalue weighted by Crippen LogP contribution is -2.32. The Hall–Kier alpha value is -3.28. The largest absolute Gasteiger partial charge is 0.318 e. The van der Waals surface area contributed by atoms with Gasteiger partial charge in [0.25, 0.3) is 0 Å². The summed E-state index contributed by atoms with van der Waals surface area (Å²) in [6.45, 7) is 5.91. The monoisotopic (exact) mass is 640 g/mol. The predicted octanol–water partition coefficient (Wildman–Crippen LogP) is 5.57. The van der Waals surface area contributed by atoms with Gasteiger partial charge in [-0.2, -0.15) is 5.10 Å². The molecular formula is C29H29IN4O3S. The normalized spacial score (nSPS) is 12.5. The van der Waals surface area contributed by atoms with Gasteiger partial charge in [0, 0.05) is 32.6 Å². The Balaban J connectivity index is 1.48. The van der Waals surface area contributed by atoms with Gasteiger partial charge in [-0.15, -0.1) is 0 Å². The second-order valence-electron chi connectivity index (χ2n) is 9.03. The molecule has 7 nitrogen and oxygen atoms in total. The summed E-state index contributed by atoms with van der Waals surface area (Å²) >= 11 is 2.28. The SMILES string of the molecule is Cc1ccc(S(=O)(=O)N[C@H](CC(=O)N/N=C\c2cc(C)n(-c3ccc(I)cc3)c2C)c2ccccc2)cc1. The van der Waals surface area contributed by atoms with Crippen molar-refractivity contribution in [2.75, 3.05) is 0 Å². The number of nitrogens with zero attached hydrogens (tertiary/aromatic N) is 2. The zero-order chi connectivity index (χ0) is 27.3. The molecule has 1 amide bonds. The lowest BCUT2D eigenvalue weighted by atomic mass is 10.0. The van der Waals surface area contributed by atoms with E-state index in [4.69, 9.17) is 0 Å². The molecule has 196 valence electrons. The summed E-state index contributed by atoms with van der Waals surface area (Å²) in [4.78, 5) is 13.0. The van der Waals surface area contributed by atoms with E-state index in [9.17, 15) is 13.2 Å². The summed E-state index contributed by atoms with van der Waals surface area (Å²) in [5.41, 5.74) is 8.17. The molecule has 1 heterocycles. The summed E-state index contributed by atoms with van der Waals surface area (Å²) in [6.07, 6.45) is 1.49. The Morgan fingerprint density at radius 1 is 0.974 bits per heavy atom. The topological polar surface area (TPSA) is 92.6 Å². The molecule has 0 radical (unpaired) electrons. The molecule has 1 atom stereocenters. The molecule has 0 saturated heterocycles. The van der Waals surface area contributed by atoms with Gasteiger partial charge in [-0.1, -0.05) is 48.0 Å². The van der Waals surface area contributed by atoms with Gasteiger partial charge < -0.3 is 4.57 Å². The van der Waals surface area contributed by atoms with Crippen molar-refractivity contribution in [2.45, 2.75) is 38.1 Å². The van der Waals surface area contributed by atoms with Crippen molar-refractivity contribution in [3.8, 4) is 5.69 Å². The lowest BCUT2D eigenvalue weighted by Gasteiger charge is -2.18. The second-order valence-corrected chi connectivity index (χ2v) is 12.0. The smallest absolute Gasteiger partial charge is 0.242 e. The second kappa shape index (κ2) is 12.1. The predicted molar refractivity (Wildman–Crippen MR) is 159 cm³/mol. The minimum absolute atomic E-state index is 0.117. The van der Waals surface area contributed by atoms with Crippen LogP contribution in [0.4, 0.5) is 0 Å². The third-order valence-electron chi connectivity index (χ3n) is 6.17. The first-order chi connectivity index (χ1) is 18.1. The molecule has 4 rings (SSSR count). The molecule has 9 heteroatoms. The quantitative estimate of drug-likeness (QED) is 0.143. The van der Waals surface area contributed by atoms with Gasteiger partial charge in [0.15, 0.2) is 0 Å². The molecule has 0 fully saturated rings. The molecule has 0 aliphatic heterocycles. The van der Waals surface area contributed by atoms with Gasteiger partial charge in [-0.05, 0) is 91.4 Å². The number of nitrogens with one attached hydrogen (secondary N) is 2. The summed E-state index contributed by atoms with van der Waals surface area (Å²) in [5.74, 6) is -0.409. The molecule has 0 aliphatic rings. The first-order valence-electron chi connectivity index (χ1n) is 12.0. The Labute approximate surface area is 237 Å². The van der Waals surface area contributed by atoms with E-state index in [0.717, 1.165) is 31.8 Å². The highest BCUT2D eigenvalue weighted by molar-refractivity contribution is 14.1. The van der Waals surface area contributed by atoms with Crippen LogP contribution < -0.4 is 10.1 Å². The van der Waals surface area contributed by atoms with Gasteiger partial charge in [0.05, 0.1) is 17.2 Å². The molecule has 0 unspecified atom stereocenters. The van der Waals surface area contributed by atoms with Crippen molar-refractivity contribution in [3.05, 3.63) is 117 Å².